The number of carbonyl (C=O) groups excluding carboxylic acids is 2. The van der Waals surface area contributed by atoms with E-state index in [1.54, 1.807) is 24.3 Å². The average Bonchev–Trinajstić information content (AvgIpc) is 2.68. The molecule has 1 aromatic carbocycles. The number of carboxylic acids is 1. The first kappa shape index (κ1) is 14.4. The Hall–Kier alpha value is -2.97. The summed E-state index contributed by atoms with van der Waals surface area (Å²) in [6.45, 7) is -0.739. The highest BCUT2D eigenvalue weighted by molar-refractivity contribution is 6.21. The molecule has 0 unspecified atom stereocenters. The third-order valence-electron chi connectivity index (χ3n) is 2.68. The molecular formula is C12H12N4O5. The van der Waals surface area contributed by atoms with Crippen molar-refractivity contribution in [3.8, 4) is 0 Å². The molecule has 9 nitrogen and oxygen atoms in total. The largest absolute Gasteiger partial charge is 0.480 e. The lowest BCUT2D eigenvalue weighted by Crippen LogP contribution is -2.31. The van der Waals surface area contributed by atoms with E-state index < -0.39 is 24.5 Å². The number of fused-ring (bicyclic) bond motifs is 1. The molecule has 0 saturated carbocycles. The molecule has 9 heteroatoms. The van der Waals surface area contributed by atoms with Crippen molar-refractivity contribution in [3.63, 3.8) is 0 Å². The lowest BCUT2D eigenvalue weighted by Gasteiger charge is -2.11. The van der Waals surface area contributed by atoms with Gasteiger partial charge in [-0.3, -0.25) is 19.4 Å². The molecule has 2 amide bonds. The number of aliphatic carboxylic acids is 1. The summed E-state index contributed by atoms with van der Waals surface area (Å²) < 4.78 is 0. The molecule has 0 spiro atoms. The van der Waals surface area contributed by atoms with Crippen molar-refractivity contribution in [2.24, 2.45) is 10.5 Å². The normalized spacial score (nSPS) is 13.7. The molecule has 0 saturated heterocycles. The second-order valence-electron chi connectivity index (χ2n) is 4.22. The zero-order valence-corrected chi connectivity index (χ0v) is 11.1. The van der Waals surface area contributed by atoms with Crippen LogP contribution in [0.15, 0.2) is 34.8 Å². The molecule has 0 aliphatic carbocycles. The van der Waals surface area contributed by atoms with Gasteiger partial charge in [-0.15, -0.1) is 0 Å². The molecule has 1 aliphatic heterocycles. The Morgan fingerprint density at radius 3 is 2.38 bits per heavy atom. The van der Waals surface area contributed by atoms with Crippen LogP contribution in [0.25, 0.3) is 0 Å². The van der Waals surface area contributed by atoms with E-state index in [4.69, 9.17) is 9.94 Å². The van der Waals surface area contributed by atoms with Crippen molar-refractivity contribution >= 4 is 17.8 Å². The fraction of sp³-hybridized carbons (Fsp3) is 0.250. The first-order chi connectivity index (χ1) is 10.0. The molecule has 0 fully saturated rings. The second-order valence-corrected chi connectivity index (χ2v) is 4.22. The van der Waals surface area contributed by atoms with Crippen molar-refractivity contribution in [2.45, 2.75) is 0 Å². The van der Waals surface area contributed by atoms with Gasteiger partial charge >= 0.3 is 5.97 Å². The smallest absolute Gasteiger partial charge is 0.324 e. The predicted octanol–water partition coefficient (Wildman–Crippen LogP) is 0.555. The predicted molar refractivity (Wildman–Crippen MR) is 68.0 cm³/mol. The monoisotopic (exact) mass is 292 g/mol. The molecule has 1 aliphatic rings. The Labute approximate surface area is 119 Å². The fourth-order valence-corrected chi connectivity index (χ4v) is 1.76. The van der Waals surface area contributed by atoms with Gasteiger partial charge in [-0.05, 0) is 17.4 Å². The number of carbonyl (C=O) groups is 3. The summed E-state index contributed by atoms with van der Waals surface area (Å²) >= 11 is 0. The number of imide groups is 1. The zero-order chi connectivity index (χ0) is 15.4. The number of hydrogen-bond acceptors (Lipinski definition) is 6. The van der Waals surface area contributed by atoms with Crippen LogP contribution >= 0.6 is 0 Å². The van der Waals surface area contributed by atoms with Crippen LogP contribution in [0.3, 0.4) is 0 Å². The highest BCUT2D eigenvalue weighted by Crippen LogP contribution is 2.21. The quantitative estimate of drug-likeness (QED) is 0.465. The van der Waals surface area contributed by atoms with Crippen molar-refractivity contribution in [2.75, 3.05) is 20.3 Å². The molecule has 21 heavy (non-hydrogen) atoms. The Morgan fingerprint density at radius 1 is 1.29 bits per heavy atom. The maximum atomic E-state index is 11.9. The summed E-state index contributed by atoms with van der Waals surface area (Å²) in [7, 11) is 1.39. The topological polar surface area (TPSA) is 112 Å². The summed E-state index contributed by atoms with van der Waals surface area (Å²) in [5.41, 5.74) is 0.622. The third-order valence-corrected chi connectivity index (χ3v) is 2.68. The lowest BCUT2D eigenvalue weighted by molar-refractivity contribution is -0.138. The minimum atomic E-state index is -1.07. The molecule has 0 atom stereocenters. The van der Waals surface area contributed by atoms with E-state index in [1.807, 2.05) is 0 Å². The third kappa shape index (κ3) is 3.14. The molecule has 1 heterocycles. The lowest BCUT2D eigenvalue weighted by atomic mass is 10.1. The molecule has 1 aromatic rings. The van der Waals surface area contributed by atoms with Gasteiger partial charge in [0.15, 0.2) is 0 Å². The first-order valence-electron chi connectivity index (χ1n) is 5.92. The van der Waals surface area contributed by atoms with Crippen molar-refractivity contribution in [3.05, 3.63) is 35.4 Å². The molecule has 0 radical (unpaired) electrons. The maximum Gasteiger partial charge on any atom is 0.324 e. The van der Waals surface area contributed by atoms with E-state index in [0.29, 0.717) is 11.1 Å². The Morgan fingerprint density at radius 2 is 1.86 bits per heavy atom. The summed E-state index contributed by atoms with van der Waals surface area (Å²) in [5.74, 6) is -2.01. The van der Waals surface area contributed by atoms with Gasteiger partial charge in [-0.2, -0.15) is 0 Å². The molecular weight excluding hydrogens is 280 g/mol. The zero-order valence-electron chi connectivity index (χ0n) is 11.1. The molecule has 0 aromatic heterocycles. The number of carboxylic acid groups (broad SMARTS) is 1. The SMILES string of the molecule is CN(CC(=O)O)N=NOCN1C(=O)c2ccccc2C1=O. The molecule has 0 bridgehead atoms. The standard InChI is InChI=1S/C12H12N4O5/c1-15(6-10(17)18)13-14-21-7-16-11(19)8-4-2-3-5-9(8)12(16)20/h2-5H,6-7H2,1H3,(H,17,18). The van der Waals surface area contributed by atoms with Crippen LogP contribution in [-0.2, 0) is 9.63 Å². The van der Waals surface area contributed by atoms with E-state index in [0.717, 1.165) is 9.91 Å². The first-order valence-corrected chi connectivity index (χ1v) is 5.92. The number of benzene rings is 1. The van der Waals surface area contributed by atoms with Crippen LogP contribution in [0.1, 0.15) is 20.7 Å². The van der Waals surface area contributed by atoms with E-state index in [9.17, 15) is 14.4 Å². The number of amides is 2. The van der Waals surface area contributed by atoms with Gasteiger partial charge in [0.05, 0.1) is 11.1 Å². The molecule has 2 rings (SSSR count). The highest BCUT2D eigenvalue weighted by Gasteiger charge is 2.35. The summed E-state index contributed by atoms with van der Waals surface area (Å²) in [6.07, 6.45) is 0. The van der Waals surface area contributed by atoms with Crippen molar-refractivity contribution in [1.29, 1.82) is 0 Å². The summed E-state index contributed by atoms with van der Waals surface area (Å²) in [6, 6.07) is 6.43. The van der Waals surface area contributed by atoms with E-state index in [1.165, 1.54) is 7.05 Å². The molecule has 1 N–H and O–H groups in total. The van der Waals surface area contributed by atoms with Crippen LogP contribution in [0.5, 0.6) is 0 Å². The Balaban J connectivity index is 1.91. The van der Waals surface area contributed by atoms with Gasteiger partial charge < -0.3 is 9.94 Å². The highest BCUT2D eigenvalue weighted by atomic mass is 16.7. The fourth-order valence-electron chi connectivity index (χ4n) is 1.76. The van der Waals surface area contributed by atoms with Gasteiger partial charge in [0.1, 0.15) is 6.54 Å². The van der Waals surface area contributed by atoms with Crippen LogP contribution in [0, 0.1) is 0 Å². The van der Waals surface area contributed by atoms with Gasteiger partial charge in [0.25, 0.3) is 11.8 Å². The minimum Gasteiger partial charge on any atom is -0.480 e. The van der Waals surface area contributed by atoms with Crippen molar-refractivity contribution in [1.82, 2.24) is 9.91 Å². The van der Waals surface area contributed by atoms with Crippen LogP contribution in [0.4, 0.5) is 0 Å². The van der Waals surface area contributed by atoms with Gasteiger partial charge in [-0.1, -0.05) is 12.1 Å². The minimum absolute atomic E-state index is 0.311. The van der Waals surface area contributed by atoms with Crippen LogP contribution < -0.4 is 0 Å². The van der Waals surface area contributed by atoms with E-state index in [2.05, 4.69) is 10.5 Å². The second kappa shape index (κ2) is 5.99. The van der Waals surface area contributed by atoms with E-state index in [-0.39, 0.29) is 6.54 Å². The maximum absolute atomic E-state index is 11.9. The Kier molecular flexibility index (Phi) is 4.12. The van der Waals surface area contributed by atoms with Gasteiger partial charge in [0, 0.05) is 12.3 Å². The Bertz CT molecular complexity index is 580. The number of rotatable bonds is 6. The van der Waals surface area contributed by atoms with Gasteiger partial charge in [-0.25, -0.2) is 4.90 Å². The summed E-state index contributed by atoms with van der Waals surface area (Å²) in [5, 5.41) is 16.2. The van der Waals surface area contributed by atoms with Crippen LogP contribution in [0.2, 0.25) is 0 Å². The van der Waals surface area contributed by atoms with Crippen LogP contribution in [-0.4, -0.2) is 53.1 Å². The number of nitrogens with zero attached hydrogens (tertiary/aromatic N) is 4. The van der Waals surface area contributed by atoms with Gasteiger partial charge in [0.2, 0.25) is 6.73 Å². The average molecular weight is 292 g/mol. The van der Waals surface area contributed by atoms with Crippen molar-refractivity contribution < 1.29 is 24.3 Å². The van der Waals surface area contributed by atoms with E-state index >= 15 is 0 Å². The number of hydrogen-bond donors (Lipinski definition) is 1. The molecule has 110 valence electrons. The summed E-state index contributed by atoms with van der Waals surface area (Å²) in [4.78, 5) is 39.9. The number of likely N-dealkylation sites (N-methyl/N-ethyl adjacent to an activating group) is 1.